The Morgan fingerprint density at radius 2 is 1.88 bits per heavy atom. The van der Waals surface area contributed by atoms with E-state index in [1.54, 1.807) is 28.9 Å². The first-order valence-electron chi connectivity index (χ1n) is 6.99. The van der Waals surface area contributed by atoms with Crippen LogP contribution in [0.25, 0.3) is 28.1 Å². The lowest BCUT2D eigenvalue weighted by Crippen LogP contribution is -2.05. The molecule has 0 fully saturated rings. The van der Waals surface area contributed by atoms with Gasteiger partial charge < -0.3 is 5.73 Å². The fraction of sp³-hybridized carbons (Fsp3) is 0.0625. The molecule has 24 heavy (non-hydrogen) atoms. The van der Waals surface area contributed by atoms with Gasteiger partial charge >= 0.3 is 6.18 Å². The van der Waals surface area contributed by atoms with Gasteiger partial charge in [-0.1, -0.05) is 0 Å². The zero-order valence-electron chi connectivity index (χ0n) is 12.1. The predicted molar refractivity (Wildman–Crippen MR) is 83.1 cm³/mol. The van der Waals surface area contributed by atoms with Crippen molar-refractivity contribution in [3.63, 3.8) is 0 Å². The van der Waals surface area contributed by atoms with Crippen molar-refractivity contribution in [2.75, 3.05) is 5.73 Å². The van der Waals surface area contributed by atoms with Gasteiger partial charge in [0, 0.05) is 24.3 Å². The summed E-state index contributed by atoms with van der Waals surface area (Å²) in [5.41, 5.74) is 8.15. The Morgan fingerprint density at radius 3 is 2.58 bits per heavy atom. The van der Waals surface area contributed by atoms with Gasteiger partial charge in [0.1, 0.15) is 5.69 Å². The third-order valence-corrected chi connectivity index (χ3v) is 3.68. The Bertz CT molecular complexity index is 1050. The minimum Gasteiger partial charge on any atom is -0.399 e. The number of fused-ring (bicyclic) bond motifs is 3. The van der Waals surface area contributed by atoms with Gasteiger partial charge in [0.25, 0.3) is 0 Å². The maximum atomic E-state index is 12.7. The average Bonchev–Trinajstić information content (AvgIpc) is 3.03. The summed E-state index contributed by atoms with van der Waals surface area (Å²) in [5.74, 6) is 0. The minimum absolute atomic E-state index is 0.309. The van der Waals surface area contributed by atoms with E-state index in [1.165, 1.54) is 6.07 Å². The maximum absolute atomic E-state index is 12.7. The molecule has 4 rings (SSSR count). The second-order valence-corrected chi connectivity index (χ2v) is 5.26. The monoisotopic (exact) mass is 329 g/mol. The zero-order chi connectivity index (χ0) is 16.9. The molecule has 0 aliphatic carbocycles. The number of hydrogen-bond acceptors (Lipinski definition) is 4. The lowest BCUT2D eigenvalue weighted by atomic mass is 10.2. The number of pyridine rings is 1. The van der Waals surface area contributed by atoms with E-state index in [-0.39, 0.29) is 0 Å². The Morgan fingerprint density at radius 1 is 1.04 bits per heavy atom. The molecule has 0 amide bonds. The Kier molecular flexibility index (Phi) is 2.96. The standard InChI is InChI=1S/C16H10F3N5/c17-16(18,19)9-1-3-11(22-8-9)14-15-21-5-6-24(15)13-4-2-10(20)7-12(13)23-14/h1-8H,20H2. The van der Waals surface area contributed by atoms with Crippen LogP contribution >= 0.6 is 0 Å². The van der Waals surface area contributed by atoms with Crippen molar-refractivity contribution >= 4 is 22.4 Å². The summed E-state index contributed by atoms with van der Waals surface area (Å²) in [6.07, 6.45) is -0.289. The van der Waals surface area contributed by atoms with Crippen LogP contribution in [0, 0.1) is 0 Å². The molecule has 0 bridgehead atoms. The molecule has 3 aromatic heterocycles. The molecule has 0 radical (unpaired) electrons. The fourth-order valence-electron chi connectivity index (χ4n) is 2.55. The van der Waals surface area contributed by atoms with Crippen LogP contribution in [0.15, 0.2) is 48.9 Å². The van der Waals surface area contributed by atoms with E-state index in [2.05, 4.69) is 15.0 Å². The van der Waals surface area contributed by atoms with Crippen molar-refractivity contribution < 1.29 is 13.2 Å². The second kappa shape index (κ2) is 4.92. The highest BCUT2D eigenvalue weighted by atomic mass is 19.4. The van der Waals surface area contributed by atoms with Gasteiger partial charge in [0.15, 0.2) is 5.65 Å². The van der Waals surface area contributed by atoms with Crippen molar-refractivity contribution in [2.24, 2.45) is 0 Å². The first kappa shape index (κ1) is 14.4. The highest BCUT2D eigenvalue weighted by Crippen LogP contribution is 2.31. The van der Waals surface area contributed by atoms with Crippen LogP contribution in [0.1, 0.15) is 5.56 Å². The molecule has 0 unspecified atom stereocenters. The summed E-state index contributed by atoms with van der Waals surface area (Å²) in [4.78, 5) is 12.6. The van der Waals surface area contributed by atoms with Crippen LogP contribution < -0.4 is 5.73 Å². The van der Waals surface area contributed by atoms with Gasteiger partial charge in [-0.3, -0.25) is 9.38 Å². The molecule has 2 N–H and O–H groups in total. The Labute approximate surface area is 133 Å². The second-order valence-electron chi connectivity index (χ2n) is 5.26. The number of anilines is 1. The van der Waals surface area contributed by atoms with E-state index in [0.717, 1.165) is 17.8 Å². The third kappa shape index (κ3) is 2.23. The lowest BCUT2D eigenvalue weighted by molar-refractivity contribution is -0.137. The number of imidazole rings is 1. The molecule has 4 aromatic rings. The molecule has 3 heterocycles. The summed E-state index contributed by atoms with van der Waals surface area (Å²) in [6, 6.07) is 7.53. The number of aromatic nitrogens is 4. The zero-order valence-corrected chi connectivity index (χ0v) is 12.1. The van der Waals surface area contributed by atoms with Crippen LogP contribution in [-0.2, 0) is 6.18 Å². The van der Waals surface area contributed by atoms with E-state index in [0.29, 0.717) is 28.2 Å². The van der Waals surface area contributed by atoms with Crippen molar-refractivity contribution in [1.82, 2.24) is 19.4 Å². The Balaban J connectivity index is 1.96. The summed E-state index contributed by atoms with van der Waals surface area (Å²) in [7, 11) is 0. The highest BCUT2D eigenvalue weighted by Gasteiger charge is 2.30. The molecule has 0 aliphatic rings. The molecule has 0 saturated heterocycles. The number of halogens is 3. The molecule has 0 atom stereocenters. The van der Waals surface area contributed by atoms with Crippen molar-refractivity contribution in [3.05, 3.63) is 54.5 Å². The normalized spacial score (nSPS) is 12.1. The van der Waals surface area contributed by atoms with E-state index in [9.17, 15) is 13.2 Å². The van der Waals surface area contributed by atoms with Gasteiger partial charge in [-0.2, -0.15) is 13.2 Å². The van der Waals surface area contributed by atoms with Gasteiger partial charge in [0.2, 0.25) is 0 Å². The lowest BCUT2D eigenvalue weighted by Gasteiger charge is -2.09. The molecule has 0 aliphatic heterocycles. The van der Waals surface area contributed by atoms with Gasteiger partial charge in [-0.05, 0) is 30.3 Å². The highest BCUT2D eigenvalue weighted by molar-refractivity contribution is 5.86. The molecule has 5 nitrogen and oxygen atoms in total. The number of nitrogens with two attached hydrogens (primary N) is 1. The van der Waals surface area contributed by atoms with Crippen molar-refractivity contribution in [1.29, 1.82) is 0 Å². The number of hydrogen-bond donors (Lipinski definition) is 1. The molecule has 1 aromatic carbocycles. The number of benzene rings is 1. The Hall–Kier alpha value is -3.16. The molecule has 8 heteroatoms. The number of alkyl halides is 3. The van der Waals surface area contributed by atoms with Crippen LogP contribution in [0.4, 0.5) is 18.9 Å². The van der Waals surface area contributed by atoms with Crippen LogP contribution in [-0.4, -0.2) is 19.4 Å². The molecule has 120 valence electrons. The molecular formula is C16H10F3N5. The van der Waals surface area contributed by atoms with Gasteiger partial charge in [-0.15, -0.1) is 0 Å². The molecule has 0 saturated carbocycles. The molecular weight excluding hydrogens is 319 g/mol. The SMILES string of the molecule is Nc1ccc2c(c1)nc(-c1ccc(C(F)(F)F)cn1)c1nccn12. The minimum atomic E-state index is -4.43. The summed E-state index contributed by atoms with van der Waals surface area (Å²) in [5, 5.41) is 0. The first-order valence-corrected chi connectivity index (χ1v) is 6.99. The van der Waals surface area contributed by atoms with E-state index < -0.39 is 11.7 Å². The number of nitrogens with zero attached hydrogens (tertiary/aromatic N) is 4. The predicted octanol–water partition coefficient (Wildman–Crippen LogP) is 3.55. The van der Waals surface area contributed by atoms with Gasteiger partial charge in [-0.25, -0.2) is 9.97 Å². The van der Waals surface area contributed by atoms with Crippen molar-refractivity contribution in [3.8, 4) is 11.4 Å². The number of nitrogen functional groups attached to an aromatic ring is 1. The van der Waals surface area contributed by atoms with E-state index in [1.807, 2.05) is 6.07 Å². The van der Waals surface area contributed by atoms with Crippen LogP contribution in [0.3, 0.4) is 0 Å². The van der Waals surface area contributed by atoms with Gasteiger partial charge in [0.05, 0.1) is 22.3 Å². The van der Waals surface area contributed by atoms with E-state index >= 15 is 0 Å². The summed E-state index contributed by atoms with van der Waals surface area (Å²) >= 11 is 0. The fourth-order valence-corrected chi connectivity index (χ4v) is 2.55. The van der Waals surface area contributed by atoms with E-state index in [4.69, 9.17) is 5.73 Å². The first-order chi connectivity index (χ1) is 11.4. The topological polar surface area (TPSA) is 69.1 Å². The maximum Gasteiger partial charge on any atom is 0.417 e. The van der Waals surface area contributed by atoms with Crippen LogP contribution in [0.2, 0.25) is 0 Å². The molecule has 0 spiro atoms. The van der Waals surface area contributed by atoms with Crippen molar-refractivity contribution in [2.45, 2.75) is 6.18 Å². The smallest absolute Gasteiger partial charge is 0.399 e. The largest absolute Gasteiger partial charge is 0.417 e. The quantitative estimate of drug-likeness (QED) is 0.542. The number of rotatable bonds is 1. The third-order valence-electron chi connectivity index (χ3n) is 3.68. The summed E-state index contributed by atoms with van der Waals surface area (Å²) in [6.45, 7) is 0. The van der Waals surface area contributed by atoms with Crippen LogP contribution in [0.5, 0.6) is 0 Å². The average molecular weight is 329 g/mol. The summed E-state index contributed by atoms with van der Waals surface area (Å²) < 4.78 is 39.9.